The summed E-state index contributed by atoms with van der Waals surface area (Å²) in [5, 5.41) is 3.47. The highest BCUT2D eigenvalue weighted by Crippen LogP contribution is 2.31. The zero-order valence-electron chi connectivity index (χ0n) is 15.7. The number of nitrogens with zero attached hydrogens (tertiary/aromatic N) is 2. The van der Waals surface area contributed by atoms with Gasteiger partial charge in [-0.1, -0.05) is 6.07 Å². The van der Waals surface area contributed by atoms with Crippen molar-refractivity contribution in [2.24, 2.45) is 17.8 Å². The molecule has 0 radical (unpaired) electrons. The van der Waals surface area contributed by atoms with Crippen molar-refractivity contribution in [3.63, 3.8) is 0 Å². The standard InChI is InChI=1S/C20H27N3O2S.ClH/c1-26-18-4-2-3-17(10-18)23-13-16(9-19(23)24)20(25)22-7-5-14-11-21-12-15(14)6-8-22;/h2-4,10,14-16,21H,5-9,11-13H2,1H3;1H/t14-,15+,16?;. The van der Waals surface area contributed by atoms with E-state index in [2.05, 4.69) is 5.32 Å². The molecule has 3 heterocycles. The molecule has 0 aliphatic carbocycles. The number of anilines is 1. The molecule has 0 bridgehead atoms. The highest BCUT2D eigenvalue weighted by atomic mass is 35.5. The normalized spacial score (nSPS) is 27.9. The Bertz CT molecular complexity index is 688. The first-order chi connectivity index (χ1) is 12.7. The predicted molar refractivity (Wildman–Crippen MR) is 112 cm³/mol. The van der Waals surface area contributed by atoms with Gasteiger partial charge < -0.3 is 15.1 Å². The Morgan fingerprint density at radius 3 is 2.56 bits per heavy atom. The molecule has 0 spiro atoms. The minimum atomic E-state index is -0.198. The zero-order chi connectivity index (χ0) is 18.1. The molecule has 3 aliphatic heterocycles. The van der Waals surface area contributed by atoms with Gasteiger partial charge in [0.05, 0.1) is 5.92 Å². The SMILES string of the molecule is CSc1cccc(N2CC(C(=O)N3CC[C@@H]4CNC[C@@H]4CC3)CC2=O)c1.Cl. The summed E-state index contributed by atoms with van der Waals surface area (Å²) in [6.45, 7) is 4.38. The van der Waals surface area contributed by atoms with E-state index in [1.807, 2.05) is 35.4 Å². The monoisotopic (exact) mass is 409 g/mol. The van der Waals surface area contributed by atoms with Crippen LogP contribution < -0.4 is 10.2 Å². The molecular weight excluding hydrogens is 382 g/mol. The van der Waals surface area contributed by atoms with E-state index >= 15 is 0 Å². The van der Waals surface area contributed by atoms with Crippen molar-refractivity contribution in [1.29, 1.82) is 0 Å². The van der Waals surface area contributed by atoms with Gasteiger partial charge >= 0.3 is 0 Å². The molecule has 1 aromatic carbocycles. The summed E-state index contributed by atoms with van der Waals surface area (Å²) in [7, 11) is 0. The van der Waals surface area contributed by atoms with E-state index in [0.717, 1.165) is 49.6 Å². The quantitative estimate of drug-likeness (QED) is 0.780. The van der Waals surface area contributed by atoms with E-state index in [9.17, 15) is 9.59 Å². The number of likely N-dealkylation sites (tertiary alicyclic amines) is 1. The summed E-state index contributed by atoms with van der Waals surface area (Å²) in [4.78, 5) is 30.5. The van der Waals surface area contributed by atoms with Crippen molar-refractivity contribution in [2.75, 3.05) is 43.9 Å². The Labute approximate surface area is 171 Å². The summed E-state index contributed by atoms with van der Waals surface area (Å²) in [5.74, 6) is 1.47. The van der Waals surface area contributed by atoms with Crippen LogP contribution in [-0.4, -0.2) is 55.7 Å². The fraction of sp³-hybridized carbons (Fsp3) is 0.600. The lowest BCUT2D eigenvalue weighted by molar-refractivity contribution is -0.135. The Hall–Kier alpha value is -1.24. The Kier molecular flexibility index (Phi) is 6.71. The second-order valence-corrected chi connectivity index (χ2v) is 8.57. The van der Waals surface area contributed by atoms with Crippen LogP contribution in [-0.2, 0) is 9.59 Å². The topological polar surface area (TPSA) is 52.7 Å². The second-order valence-electron chi connectivity index (χ2n) is 7.69. The first-order valence-corrected chi connectivity index (χ1v) is 10.8. The molecule has 3 saturated heterocycles. The molecule has 27 heavy (non-hydrogen) atoms. The van der Waals surface area contributed by atoms with Gasteiger partial charge in [-0.3, -0.25) is 9.59 Å². The van der Waals surface area contributed by atoms with Crippen LogP contribution in [0.15, 0.2) is 29.2 Å². The third kappa shape index (κ3) is 4.28. The lowest BCUT2D eigenvalue weighted by Gasteiger charge is -2.24. The highest BCUT2D eigenvalue weighted by molar-refractivity contribution is 7.98. The van der Waals surface area contributed by atoms with Crippen molar-refractivity contribution in [1.82, 2.24) is 10.2 Å². The third-order valence-electron chi connectivity index (χ3n) is 6.17. The lowest BCUT2D eigenvalue weighted by Crippen LogP contribution is -2.38. The summed E-state index contributed by atoms with van der Waals surface area (Å²) in [6.07, 6.45) is 4.54. The minimum absolute atomic E-state index is 0. The largest absolute Gasteiger partial charge is 0.342 e. The number of carbonyl (C=O) groups excluding carboxylic acids is 2. The van der Waals surface area contributed by atoms with E-state index in [1.54, 1.807) is 16.7 Å². The fourth-order valence-corrected chi connectivity index (χ4v) is 5.05. The van der Waals surface area contributed by atoms with Gasteiger partial charge in [0.25, 0.3) is 0 Å². The average Bonchev–Trinajstić information content (AvgIpc) is 3.22. The number of rotatable bonds is 3. The van der Waals surface area contributed by atoms with Crippen LogP contribution in [0.5, 0.6) is 0 Å². The van der Waals surface area contributed by atoms with Crippen LogP contribution in [0.2, 0.25) is 0 Å². The van der Waals surface area contributed by atoms with E-state index in [4.69, 9.17) is 0 Å². The Morgan fingerprint density at radius 2 is 1.89 bits per heavy atom. The number of fused-ring (bicyclic) bond motifs is 1. The Morgan fingerprint density at radius 1 is 1.19 bits per heavy atom. The predicted octanol–water partition coefficient (Wildman–Crippen LogP) is 2.64. The number of nitrogens with one attached hydrogen (secondary N) is 1. The molecule has 3 fully saturated rings. The summed E-state index contributed by atoms with van der Waals surface area (Å²) >= 11 is 1.66. The van der Waals surface area contributed by atoms with Gasteiger partial charge in [-0.25, -0.2) is 0 Å². The van der Waals surface area contributed by atoms with Crippen LogP contribution in [0.25, 0.3) is 0 Å². The average molecular weight is 410 g/mol. The van der Waals surface area contributed by atoms with Crippen molar-refractivity contribution >= 4 is 41.7 Å². The first-order valence-electron chi connectivity index (χ1n) is 9.59. The molecule has 5 nitrogen and oxygen atoms in total. The van der Waals surface area contributed by atoms with Gasteiger partial charge in [0.15, 0.2) is 0 Å². The van der Waals surface area contributed by atoms with Crippen LogP contribution in [0.3, 0.4) is 0 Å². The maximum atomic E-state index is 13.0. The second kappa shape index (κ2) is 8.84. The Balaban J connectivity index is 0.00000210. The van der Waals surface area contributed by atoms with E-state index < -0.39 is 0 Å². The number of thioether (sulfide) groups is 1. The first kappa shape index (κ1) is 20.5. The number of hydrogen-bond donors (Lipinski definition) is 1. The molecular formula is C20H28ClN3O2S. The smallest absolute Gasteiger partial charge is 0.228 e. The third-order valence-corrected chi connectivity index (χ3v) is 6.90. The maximum absolute atomic E-state index is 13.0. The number of amides is 2. The molecule has 2 amide bonds. The number of hydrogen-bond acceptors (Lipinski definition) is 4. The van der Waals surface area contributed by atoms with E-state index in [-0.39, 0.29) is 30.1 Å². The summed E-state index contributed by atoms with van der Waals surface area (Å²) in [6, 6.07) is 8.02. The maximum Gasteiger partial charge on any atom is 0.228 e. The van der Waals surface area contributed by atoms with Gasteiger partial charge in [-0.15, -0.1) is 24.2 Å². The van der Waals surface area contributed by atoms with E-state index in [0.29, 0.717) is 24.8 Å². The molecule has 3 atom stereocenters. The number of benzene rings is 1. The van der Waals surface area contributed by atoms with Crippen LogP contribution in [0.1, 0.15) is 19.3 Å². The van der Waals surface area contributed by atoms with Crippen molar-refractivity contribution in [3.8, 4) is 0 Å². The van der Waals surface area contributed by atoms with E-state index in [1.165, 1.54) is 0 Å². The molecule has 148 valence electrons. The van der Waals surface area contributed by atoms with Gasteiger partial charge in [0, 0.05) is 36.6 Å². The van der Waals surface area contributed by atoms with Gasteiger partial charge in [0.2, 0.25) is 11.8 Å². The van der Waals surface area contributed by atoms with Crippen LogP contribution in [0.4, 0.5) is 5.69 Å². The molecule has 1 aromatic rings. The van der Waals surface area contributed by atoms with Gasteiger partial charge in [-0.2, -0.15) is 0 Å². The van der Waals surface area contributed by atoms with Crippen LogP contribution >= 0.6 is 24.2 Å². The fourth-order valence-electron chi connectivity index (χ4n) is 4.60. The molecule has 1 N–H and O–H groups in total. The zero-order valence-corrected chi connectivity index (χ0v) is 17.4. The molecule has 0 aromatic heterocycles. The highest BCUT2D eigenvalue weighted by Gasteiger charge is 2.39. The van der Waals surface area contributed by atoms with Gasteiger partial charge in [0.1, 0.15) is 0 Å². The number of halogens is 1. The molecule has 0 saturated carbocycles. The van der Waals surface area contributed by atoms with Gasteiger partial charge in [-0.05, 0) is 62.2 Å². The summed E-state index contributed by atoms with van der Waals surface area (Å²) in [5.41, 5.74) is 0.911. The van der Waals surface area contributed by atoms with Crippen molar-refractivity contribution in [3.05, 3.63) is 24.3 Å². The van der Waals surface area contributed by atoms with Crippen molar-refractivity contribution in [2.45, 2.75) is 24.2 Å². The molecule has 3 aliphatic rings. The molecule has 1 unspecified atom stereocenters. The molecule has 4 rings (SSSR count). The lowest BCUT2D eigenvalue weighted by atomic mass is 9.92. The molecule has 7 heteroatoms. The number of carbonyl (C=O) groups is 2. The minimum Gasteiger partial charge on any atom is -0.342 e. The summed E-state index contributed by atoms with van der Waals surface area (Å²) < 4.78 is 0. The van der Waals surface area contributed by atoms with Crippen molar-refractivity contribution < 1.29 is 9.59 Å². The van der Waals surface area contributed by atoms with Crippen LogP contribution in [0, 0.1) is 17.8 Å².